The van der Waals surface area contributed by atoms with Crippen molar-refractivity contribution < 1.29 is 4.39 Å². The van der Waals surface area contributed by atoms with Gasteiger partial charge in [-0.05, 0) is 53.0 Å². The molecular formula is C11H16BrFN2. The first kappa shape index (κ1) is 12.6. The summed E-state index contributed by atoms with van der Waals surface area (Å²) in [4.78, 5) is 0. The Hall–Kier alpha value is -0.450. The summed E-state index contributed by atoms with van der Waals surface area (Å²) in [6.45, 7) is 0.682. The highest BCUT2D eigenvalue weighted by Gasteiger charge is 2.08. The van der Waals surface area contributed by atoms with Gasteiger partial charge in [0, 0.05) is 6.04 Å². The number of unbranched alkanes of at least 4 members (excludes halogenated alkanes) is 1. The van der Waals surface area contributed by atoms with Crippen molar-refractivity contribution >= 4 is 15.9 Å². The zero-order valence-electron chi connectivity index (χ0n) is 8.55. The zero-order valence-corrected chi connectivity index (χ0v) is 10.1. The van der Waals surface area contributed by atoms with E-state index < -0.39 is 0 Å². The molecule has 0 bridgehead atoms. The predicted octanol–water partition coefficient (Wildman–Crippen LogP) is 2.72. The Kier molecular flexibility index (Phi) is 5.22. The maximum Gasteiger partial charge on any atom is 0.137 e. The van der Waals surface area contributed by atoms with Crippen LogP contribution in [0.2, 0.25) is 0 Å². The second kappa shape index (κ2) is 6.20. The van der Waals surface area contributed by atoms with E-state index in [4.69, 9.17) is 11.5 Å². The van der Waals surface area contributed by atoms with Crippen LogP contribution in [0.4, 0.5) is 4.39 Å². The molecule has 0 heterocycles. The van der Waals surface area contributed by atoms with Gasteiger partial charge in [-0.2, -0.15) is 0 Å². The van der Waals surface area contributed by atoms with Crippen LogP contribution >= 0.6 is 15.9 Å². The molecule has 0 saturated carbocycles. The Balaban J connectivity index is 2.57. The Bertz CT molecular complexity index is 317. The SMILES string of the molecule is NCCCC[C@H](N)c1ccc(Br)c(F)c1. The fourth-order valence-corrected chi connectivity index (χ4v) is 1.66. The van der Waals surface area contributed by atoms with Crippen LogP contribution in [0.15, 0.2) is 22.7 Å². The number of hydrogen-bond acceptors (Lipinski definition) is 2. The molecule has 0 aliphatic heterocycles. The van der Waals surface area contributed by atoms with Gasteiger partial charge in [0.1, 0.15) is 5.82 Å². The lowest BCUT2D eigenvalue weighted by molar-refractivity contribution is 0.578. The third-order valence-corrected chi connectivity index (χ3v) is 2.98. The fourth-order valence-electron chi connectivity index (χ4n) is 1.42. The molecule has 2 nitrogen and oxygen atoms in total. The van der Waals surface area contributed by atoms with Gasteiger partial charge in [0.05, 0.1) is 4.47 Å². The van der Waals surface area contributed by atoms with E-state index in [2.05, 4.69) is 15.9 Å². The molecule has 4 heteroatoms. The van der Waals surface area contributed by atoms with Crippen molar-refractivity contribution in [2.45, 2.75) is 25.3 Å². The average Bonchev–Trinajstić information content (AvgIpc) is 2.22. The molecule has 15 heavy (non-hydrogen) atoms. The first-order chi connectivity index (χ1) is 7.15. The summed E-state index contributed by atoms with van der Waals surface area (Å²) in [5.74, 6) is -0.262. The van der Waals surface area contributed by atoms with E-state index in [0.717, 1.165) is 24.8 Å². The molecule has 0 aliphatic rings. The number of benzene rings is 1. The largest absolute Gasteiger partial charge is 0.330 e. The molecule has 0 saturated heterocycles. The van der Waals surface area contributed by atoms with E-state index >= 15 is 0 Å². The molecule has 1 aromatic carbocycles. The zero-order chi connectivity index (χ0) is 11.3. The minimum Gasteiger partial charge on any atom is -0.330 e. The fraction of sp³-hybridized carbons (Fsp3) is 0.455. The van der Waals surface area contributed by atoms with E-state index in [1.165, 1.54) is 6.07 Å². The van der Waals surface area contributed by atoms with Crippen LogP contribution in [0.3, 0.4) is 0 Å². The Morgan fingerprint density at radius 1 is 1.33 bits per heavy atom. The molecule has 0 aromatic heterocycles. The minimum atomic E-state index is -0.262. The van der Waals surface area contributed by atoms with Crippen LogP contribution < -0.4 is 11.5 Å². The summed E-state index contributed by atoms with van der Waals surface area (Å²) in [5, 5.41) is 0. The first-order valence-electron chi connectivity index (χ1n) is 5.05. The van der Waals surface area contributed by atoms with E-state index in [1.807, 2.05) is 6.07 Å². The molecule has 0 unspecified atom stereocenters. The van der Waals surface area contributed by atoms with Crippen LogP contribution in [0.5, 0.6) is 0 Å². The summed E-state index contributed by atoms with van der Waals surface area (Å²) >= 11 is 3.11. The van der Waals surface area contributed by atoms with Crippen LogP contribution in [0.1, 0.15) is 30.9 Å². The topological polar surface area (TPSA) is 52.0 Å². The van der Waals surface area contributed by atoms with Crippen molar-refractivity contribution in [3.8, 4) is 0 Å². The van der Waals surface area contributed by atoms with Gasteiger partial charge in [-0.25, -0.2) is 4.39 Å². The van der Waals surface area contributed by atoms with Gasteiger partial charge in [0.25, 0.3) is 0 Å². The van der Waals surface area contributed by atoms with Crippen molar-refractivity contribution in [3.05, 3.63) is 34.1 Å². The van der Waals surface area contributed by atoms with Gasteiger partial charge in [0.2, 0.25) is 0 Å². The quantitative estimate of drug-likeness (QED) is 0.812. The molecule has 0 aliphatic carbocycles. The smallest absolute Gasteiger partial charge is 0.137 e. The monoisotopic (exact) mass is 274 g/mol. The van der Waals surface area contributed by atoms with Crippen LogP contribution in [0.25, 0.3) is 0 Å². The van der Waals surface area contributed by atoms with Crippen molar-refractivity contribution in [1.29, 1.82) is 0 Å². The van der Waals surface area contributed by atoms with Crippen LogP contribution in [-0.4, -0.2) is 6.54 Å². The molecule has 0 radical (unpaired) electrons. The highest BCUT2D eigenvalue weighted by atomic mass is 79.9. The van der Waals surface area contributed by atoms with Gasteiger partial charge in [-0.15, -0.1) is 0 Å². The van der Waals surface area contributed by atoms with E-state index in [9.17, 15) is 4.39 Å². The summed E-state index contributed by atoms with van der Waals surface area (Å²) < 4.78 is 13.7. The molecule has 1 atom stereocenters. The molecule has 84 valence electrons. The average molecular weight is 275 g/mol. The number of halogens is 2. The Labute approximate surface area is 98.0 Å². The normalized spacial score (nSPS) is 12.8. The van der Waals surface area contributed by atoms with Gasteiger partial charge in [-0.1, -0.05) is 12.5 Å². The predicted molar refractivity (Wildman–Crippen MR) is 63.9 cm³/mol. The third kappa shape index (κ3) is 3.89. The van der Waals surface area contributed by atoms with Crippen molar-refractivity contribution in [3.63, 3.8) is 0 Å². The lowest BCUT2D eigenvalue weighted by Crippen LogP contribution is -2.11. The lowest BCUT2D eigenvalue weighted by Gasteiger charge is -2.12. The highest BCUT2D eigenvalue weighted by Crippen LogP contribution is 2.22. The summed E-state index contributed by atoms with van der Waals surface area (Å²) in [6.07, 6.45) is 2.79. The van der Waals surface area contributed by atoms with E-state index in [-0.39, 0.29) is 11.9 Å². The first-order valence-corrected chi connectivity index (χ1v) is 5.85. The molecule has 0 fully saturated rings. The van der Waals surface area contributed by atoms with E-state index in [0.29, 0.717) is 11.0 Å². The molecule has 1 rings (SSSR count). The van der Waals surface area contributed by atoms with Gasteiger partial charge in [-0.3, -0.25) is 0 Å². The lowest BCUT2D eigenvalue weighted by atomic mass is 10.0. The van der Waals surface area contributed by atoms with Gasteiger partial charge in [0.15, 0.2) is 0 Å². The van der Waals surface area contributed by atoms with Crippen LogP contribution in [0, 0.1) is 5.82 Å². The van der Waals surface area contributed by atoms with Crippen LogP contribution in [-0.2, 0) is 0 Å². The Morgan fingerprint density at radius 2 is 2.07 bits per heavy atom. The third-order valence-electron chi connectivity index (χ3n) is 2.34. The molecule has 1 aromatic rings. The maximum absolute atomic E-state index is 13.2. The summed E-state index contributed by atoms with van der Waals surface area (Å²) in [6, 6.07) is 4.92. The number of nitrogens with two attached hydrogens (primary N) is 2. The summed E-state index contributed by atoms with van der Waals surface area (Å²) in [5.41, 5.74) is 12.2. The second-order valence-corrected chi connectivity index (χ2v) is 4.42. The van der Waals surface area contributed by atoms with Gasteiger partial charge < -0.3 is 11.5 Å². The van der Waals surface area contributed by atoms with E-state index in [1.54, 1.807) is 6.07 Å². The molecular weight excluding hydrogens is 259 g/mol. The number of rotatable bonds is 5. The molecule has 0 amide bonds. The summed E-state index contributed by atoms with van der Waals surface area (Å²) in [7, 11) is 0. The molecule has 0 spiro atoms. The van der Waals surface area contributed by atoms with Crippen molar-refractivity contribution in [1.82, 2.24) is 0 Å². The maximum atomic E-state index is 13.2. The Morgan fingerprint density at radius 3 is 2.67 bits per heavy atom. The molecule has 4 N–H and O–H groups in total. The minimum absolute atomic E-state index is 0.0980. The van der Waals surface area contributed by atoms with Gasteiger partial charge >= 0.3 is 0 Å². The van der Waals surface area contributed by atoms with Crippen molar-refractivity contribution in [2.24, 2.45) is 11.5 Å². The highest BCUT2D eigenvalue weighted by molar-refractivity contribution is 9.10. The second-order valence-electron chi connectivity index (χ2n) is 3.56. The standard InChI is InChI=1S/C11H16BrFN2/c12-9-5-4-8(7-10(9)13)11(15)3-1-2-6-14/h4-5,7,11H,1-3,6,14-15H2/t11-/m0/s1. The van der Waals surface area contributed by atoms with Crippen molar-refractivity contribution in [2.75, 3.05) is 6.54 Å². The number of hydrogen-bond donors (Lipinski definition) is 2.